The number of hydrogen-bond donors (Lipinski definition) is 1. The number of ether oxygens (including phenoxy) is 1. The Kier molecular flexibility index (Phi) is 5.55. The summed E-state index contributed by atoms with van der Waals surface area (Å²) >= 11 is 0. The quantitative estimate of drug-likeness (QED) is 0.372. The zero-order valence-corrected chi connectivity index (χ0v) is 19.0. The second kappa shape index (κ2) is 9.30. The molecule has 3 heterocycles. The molecule has 6 rings (SSSR count). The van der Waals surface area contributed by atoms with Crippen LogP contribution in [-0.4, -0.2) is 30.3 Å². The van der Waals surface area contributed by atoms with Gasteiger partial charge in [-0.25, -0.2) is 4.98 Å². The van der Waals surface area contributed by atoms with Crippen LogP contribution < -0.4 is 15.1 Å². The number of para-hydroxylation sites is 2. The highest BCUT2D eigenvalue weighted by Gasteiger charge is 2.15. The minimum atomic E-state index is -0.370. The van der Waals surface area contributed by atoms with Gasteiger partial charge in [-0.05, 0) is 47.2 Å². The van der Waals surface area contributed by atoms with Crippen molar-refractivity contribution in [3.05, 3.63) is 113 Å². The van der Waals surface area contributed by atoms with Crippen LogP contribution in [0.2, 0.25) is 0 Å². The molecule has 0 atom stereocenters. The summed E-state index contributed by atoms with van der Waals surface area (Å²) in [5.74, 6) is 0.893. The first-order valence-corrected chi connectivity index (χ1v) is 11.3. The molecule has 3 aromatic carbocycles. The van der Waals surface area contributed by atoms with Crippen LogP contribution in [0.5, 0.6) is 5.75 Å². The molecule has 36 heavy (non-hydrogen) atoms. The number of rotatable bonds is 7. The first-order valence-electron chi connectivity index (χ1n) is 11.3. The Morgan fingerprint density at radius 2 is 1.69 bits per heavy atom. The second-order valence-electron chi connectivity index (χ2n) is 8.16. The Morgan fingerprint density at radius 3 is 2.58 bits per heavy atom. The van der Waals surface area contributed by atoms with Gasteiger partial charge in [-0.15, -0.1) is 14.9 Å². The third-order valence-electron chi connectivity index (χ3n) is 5.76. The number of pyridine rings is 2. The summed E-state index contributed by atoms with van der Waals surface area (Å²) in [5, 5.41) is 15.7. The Hall–Kier alpha value is -5.05. The molecule has 6 aromatic rings. The van der Waals surface area contributed by atoms with Crippen molar-refractivity contribution in [1.82, 2.24) is 30.3 Å². The van der Waals surface area contributed by atoms with Crippen LogP contribution in [0.3, 0.4) is 0 Å². The van der Waals surface area contributed by atoms with Crippen LogP contribution >= 0.6 is 0 Å². The van der Waals surface area contributed by atoms with Gasteiger partial charge >= 0.3 is 0 Å². The van der Waals surface area contributed by atoms with Crippen LogP contribution in [0.4, 0.5) is 0 Å². The molecule has 9 nitrogen and oxygen atoms in total. The lowest BCUT2D eigenvalue weighted by Crippen LogP contribution is -2.28. The molecule has 0 saturated heterocycles. The van der Waals surface area contributed by atoms with Crippen LogP contribution in [0, 0.1) is 0 Å². The van der Waals surface area contributed by atoms with Crippen molar-refractivity contribution in [1.29, 1.82) is 0 Å². The zero-order valence-electron chi connectivity index (χ0n) is 19.0. The highest BCUT2D eigenvalue weighted by atomic mass is 16.7. The third-order valence-corrected chi connectivity index (χ3v) is 5.76. The van der Waals surface area contributed by atoms with E-state index in [1.54, 1.807) is 6.07 Å². The predicted octanol–water partition coefficient (Wildman–Crippen LogP) is 3.94. The standard InChI is InChI=1S/C27H20N6O3/c34-27-23(26-29-31-32-30-26)15-20-8-2-4-11-25(20)33(27)36-16-18-6-5-9-22(14-18)35-17-21-13-12-19-7-1-3-10-24(19)28-21/h1-15H,16-17H2,(H,29,30,31,32). The van der Waals surface area contributed by atoms with Gasteiger partial charge in [0.1, 0.15) is 19.0 Å². The normalized spacial score (nSPS) is 11.1. The number of H-pyrrole nitrogens is 1. The summed E-state index contributed by atoms with van der Waals surface area (Å²) in [6.07, 6.45) is 0. The summed E-state index contributed by atoms with van der Waals surface area (Å²) in [6, 6.07) is 28.7. The Labute approximate surface area is 204 Å². The number of aromatic nitrogens is 6. The molecule has 0 saturated carbocycles. The zero-order chi connectivity index (χ0) is 24.3. The van der Waals surface area contributed by atoms with Gasteiger partial charge in [0, 0.05) is 10.8 Å². The lowest BCUT2D eigenvalue weighted by Gasteiger charge is -2.14. The van der Waals surface area contributed by atoms with Crippen molar-refractivity contribution >= 4 is 21.8 Å². The SMILES string of the molecule is O=c1c(-c2nn[nH]n2)cc2ccccc2n1OCc1cccc(OCc2ccc3ccccc3n2)c1. The number of fused-ring (bicyclic) bond motifs is 2. The van der Waals surface area contributed by atoms with E-state index in [0.29, 0.717) is 23.4 Å². The van der Waals surface area contributed by atoms with E-state index in [1.165, 1.54) is 4.73 Å². The van der Waals surface area contributed by atoms with Crippen molar-refractivity contribution in [3.63, 3.8) is 0 Å². The Balaban J connectivity index is 1.22. The molecule has 3 aromatic heterocycles. The van der Waals surface area contributed by atoms with Crippen LogP contribution in [0.15, 0.2) is 95.8 Å². The topological polar surface area (TPSA) is 108 Å². The molecule has 0 aliphatic rings. The summed E-state index contributed by atoms with van der Waals surface area (Å²) in [4.78, 5) is 23.8. The van der Waals surface area contributed by atoms with Gasteiger partial charge < -0.3 is 9.57 Å². The van der Waals surface area contributed by atoms with Gasteiger partial charge in [0.2, 0.25) is 5.82 Å². The van der Waals surface area contributed by atoms with Gasteiger partial charge in [-0.3, -0.25) is 4.79 Å². The average Bonchev–Trinajstić information content (AvgIpc) is 3.46. The van der Waals surface area contributed by atoms with E-state index < -0.39 is 0 Å². The summed E-state index contributed by atoms with van der Waals surface area (Å²) in [6.45, 7) is 0.497. The smallest absolute Gasteiger partial charge is 0.294 e. The largest absolute Gasteiger partial charge is 0.487 e. The monoisotopic (exact) mass is 476 g/mol. The molecular formula is C27H20N6O3. The Bertz CT molecular complexity index is 1730. The van der Waals surface area contributed by atoms with E-state index in [-0.39, 0.29) is 18.0 Å². The van der Waals surface area contributed by atoms with Crippen molar-refractivity contribution in [3.8, 4) is 17.1 Å². The minimum absolute atomic E-state index is 0.158. The van der Waals surface area contributed by atoms with E-state index in [0.717, 1.165) is 27.5 Å². The third kappa shape index (κ3) is 4.25. The molecule has 0 unspecified atom stereocenters. The Morgan fingerprint density at radius 1 is 0.833 bits per heavy atom. The molecule has 0 aliphatic carbocycles. The second-order valence-corrected chi connectivity index (χ2v) is 8.16. The average molecular weight is 476 g/mol. The molecular weight excluding hydrogens is 456 g/mol. The molecule has 176 valence electrons. The van der Waals surface area contributed by atoms with Crippen LogP contribution in [0.1, 0.15) is 11.3 Å². The van der Waals surface area contributed by atoms with Gasteiger partial charge in [0.05, 0.1) is 22.3 Å². The van der Waals surface area contributed by atoms with E-state index in [9.17, 15) is 4.79 Å². The first kappa shape index (κ1) is 21.5. The van der Waals surface area contributed by atoms with Gasteiger partial charge in [-0.1, -0.05) is 54.6 Å². The number of aromatic amines is 1. The molecule has 9 heteroatoms. The summed E-state index contributed by atoms with van der Waals surface area (Å²) < 4.78 is 7.25. The summed E-state index contributed by atoms with van der Waals surface area (Å²) in [5.41, 5.74) is 3.19. The summed E-state index contributed by atoms with van der Waals surface area (Å²) in [7, 11) is 0. The molecule has 0 aliphatic heterocycles. The maximum Gasteiger partial charge on any atom is 0.294 e. The molecule has 1 N–H and O–H groups in total. The van der Waals surface area contributed by atoms with Crippen molar-refractivity contribution < 1.29 is 9.57 Å². The van der Waals surface area contributed by atoms with E-state index in [2.05, 4.69) is 25.6 Å². The number of hydrogen-bond acceptors (Lipinski definition) is 7. The van der Waals surface area contributed by atoms with Gasteiger partial charge in [-0.2, -0.15) is 5.21 Å². The lowest BCUT2D eigenvalue weighted by atomic mass is 10.1. The number of nitrogens with zero attached hydrogens (tertiary/aromatic N) is 5. The number of benzene rings is 3. The molecule has 0 spiro atoms. The molecule has 0 bridgehead atoms. The predicted molar refractivity (Wildman–Crippen MR) is 134 cm³/mol. The van der Waals surface area contributed by atoms with Crippen LogP contribution in [-0.2, 0) is 13.2 Å². The fraction of sp³-hybridized carbons (Fsp3) is 0.0741. The van der Waals surface area contributed by atoms with E-state index >= 15 is 0 Å². The van der Waals surface area contributed by atoms with Gasteiger partial charge in [0.25, 0.3) is 5.56 Å². The molecule has 0 fully saturated rings. The van der Waals surface area contributed by atoms with Crippen molar-refractivity contribution in [2.24, 2.45) is 0 Å². The fourth-order valence-electron chi connectivity index (χ4n) is 4.00. The number of nitrogens with one attached hydrogen (secondary N) is 1. The fourth-order valence-corrected chi connectivity index (χ4v) is 4.00. The lowest BCUT2D eigenvalue weighted by molar-refractivity contribution is 0.0994. The molecule has 0 radical (unpaired) electrons. The van der Waals surface area contributed by atoms with Gasteiger partial charge in [0.15, 0.2) is 0 Å². The van der Waals surface area contributed by atoms with E-state index in [1.807, 2.05) is 84.9 Å². The van der Waals surface area contributed by atoms with Crippen molar-refractivity contribution in [2.75, 3.05) is 0 Å². The highest BCUT2D eigenvalue weighted by Crippen LogP contribution is 2.19. The maximum absolute atomic E-state index is 13.2. The molecule has 0 amide bonds. The highest BCUT2D eigenvalue weighted by molar-refractivity contribution is 5.82. The maximum atomic E-state index is 13.2. The van der Waals surface area contributed by atoms with Crippen molar-refractivity contribution in [2.45, 2.75) is 13.2 Å². The number of tetrazole rings is 1. The minimum Gasteiger partial charge on any atom is -0.487 e. The van der Waals surface area contributed by atoms with Crippen LogP contribution in [0.25, 0.3) is 33.2 Å². The van der Waals surface area contributed by atoms with E-state index in [4.69, 9.17) is 9.57 Å². The first-order chi connectivity index (χ1) is 17.7.